The molecule has 2 aliphatic heterocycles. The summed E-state index contributed by atoms with van der Waals surface area (Å²) in [5.41, 5.74) is 5.16. The van der Waals surface area contributed by atoms with E-state index in [-0.39, 0.29) is 24.2 Å². The molecule has 35 heavy (non-hydrogen) atoms. The molecule has 1 fully saturated rings. The summed E-state index contributed by atoms with van der Waals surface area (Å²) >= 11 is 0. The Hall–Kier alpha value is -4.04. The van der Waals surface area contributed by atoms with Crippen LogP contribution in [0.15, 0.2) is 42.5 Å². The molecule has 1 saturated heterocycles. The van der Waals surface area contributed by atoms with Crippen LogP contribution in [-0.2, 0) is 21.0 Å². The van der Waals surface area contributed by atoms with Crippen LogP contribution in [0.5, 0.6) is 0 Å². The minimum atomic E-state index is -0.849. The zero-order valence-electron chi connectivity index (χ0n) is 19.8. The van der Waals surface area contributed by atoms with Crippen LogP contribution < -0.4 is 4.90 Å². The number of carbonyl (C=O) groups excluding carboxylic acids is 4. The number of benzene rings is 3. The zero-order chi connectivity index (χ0) is 24.6. The molecule has 3 aromatic rings. The maximum atomic E-state index is 13.6. The van der Waals surface area contributed by atoms with E-state index in [2.05, 4.69) is 38.2 Å². The van der Waals surface area contributed by atoms with Crippen LogP contribution in [-0.4, -0.2) is 60.9 Å². The van der Waals surface area contributed by atoms with Crippen molar-refractivity contribution < 1.29 is 28.5 Å². The molecule has 8 nitrogen and oxygen atoms in total. The fourth-order valence-electron chi connectivity index (χ4n) is 5.60. The lowest BCUT2D eigenvalue weighted by atomic mass is 9.80. The number of quaternary nitrogens is 1. The molecule has 0 radical (unpaired) electrons. The first kappa shape index (κ1) is 21.5. The highest BCUT2D eigenvalue weighted by molar-refractivity contribution is 6.27. The molecular weight excluding hydrogens is 446 g/mol. The van der Waals surface area contributed by atoms with E-state index in [0.29, 0.717) is 16.2 Å². The summed E-state index contributed by atoms with van der Waals surface area (Å²) in [7, 11) is 6.47. The first-order valence-corrected chi connectivity index (χ1v) is 11.5. The van der Waals surface area contributed by atoms with Crippen LogP contribution in [0.4, 0.5) is 5.69 Å². The smallest absolute Gasteiger partial charge is 0.328 e. The molecule has 0 atom stereocenters. The third-order valence-corrected chi connectivity index (χ3v) is 7.06. The first-order chi connectivity index (χ1) is 16.6. The second-order valence-corrected chi connectivity index (χ2v) is 10.1. The third-order valence-electron chi connectivity index (χ3n) is 7.06. The van der Waals surface area contributed by atoms with Crippen molar-refractivity contribution in [3.8, 4) is 11.1 Å². The number of ketones is 1. The van der Waals surface area contributed by atoms with Gasteiger partial charge in [0.2, 0.25) is 0 Å². The second-order valence-electron chi connectivity index (χ2n) is 10.1. The molecule has 0 spiro atoms. The summed E-state index contributed by atoms with van der Waals surface area (Å²) in [5.74, 6) is -2.11. The molecule has 3 aliphatic rings. The highest BCUT2D eigenvalue weighted by Crippen LogP contribution is 2.46. The Morgan fingerprint density at radius 3 is 2.40 bits per heavy atom. The van der Waals surface area contributed by atoms with Crippen LogP contribution >= 0.6 is 0 Å². The van der Waals surface area contributed by atoms with Crippen molar-refractivity contribution in [2.24, 2.45) is 0 Å². The normalized spacial score (nSPS) is 18.1. The minimum Gasteiger partial charge on any atom is -0.328 e. The van der Waals surface area contributed by atoms with Gasteiger partial charge in [0.05, 0.1) is 25.3 Å². The summed E-state index contributed by atoms with van der Waals surface area (Å²) in [4.78, 5) is 57.3. The van der Waals surface area contributed by atoms with Crippen molar-refractivity contribution in [1.29, 1.82) is 0 Å². The Balaban J connectivity index is 1.48. The molecule has 2 amide bonds. The van der Waals surface area contributed by atoms with Crippen molar-refractivity contribution in [1.82, 2.24) is 5.06 Å². The fourth-order valence-corrected chi connectivity index (χ4v) is 5.60. The van der Waals surface area contributed by atoms with E-state index in [1.165, 1.54) is 11.6 Å². The summed E-state index contributed by atoms with van der Waals surface area (Å²) in [6.07, 6.45) is 0.0365. The molecule has 1 aliphatic carbocycles. The van der Waals surface area contributed by atoms with Gasteiger partial charge in [0.15, 0.2) is 12.5 Å². The summed E-state index contributed by atoms with van der Waals surface area (Å²) in [6.45, 7) is 1.72. The molecule has 3 aromatic carbocycles. The van der Waals surface area contributed by atoms with Crippen molar-refractivity contribution in [3.63, 3.8) is 0 Å². The van der Waals surface area contributed by atoms with E-state index in [0.717, 1.165) is 45.3 Å². The number of hydrogen-bond acceptors (Lipinski definition) is 6. The molecule has 0 saturated carbocycles. The molecular formula is C27H24N3O5+. The van der Waals surface area contributed by atoms with Crippen LogP contribution in [0.25, 0.3) is 21.9 Å². The van der Waals surface area contributed by atoms with Gasteiger partial charge in [-0.1, -0.05) is 24.3 Å². The lowest BCUT2D eigenvalue weighted by molar-refractivity contribution is -0.904. The van der Waals surface area contributed by atoms with Gasteiger partial charge in [-0.3, -0.25) is 14.4 Å². The van der Waals surface area contributed by atoms with Gasteiger partial charge >= 0.3 is 5.97 Å². The van der Waals surface area contributed by atoms with Crippen LogP contribution in [0.3, 0.4) is 0 Å². The number of anilines is 1. The van der Waals surface area contributed by atoms with Crippen LogP contribution in [0, 0.1) is 0 Å². The third kappa shape index (κ3) is 3.17. The summed E-state index contributed by atoms with van der Waals surface area (Å²) in [5, 5.41) is 2.52. The predicted molar refractivity (Wildman–Crippen MR) is 128 cm³/mol. The lowest BCUT2D eigenvalue weighted by Gasteiger charge is -2.41. The molecule has 0 unspecified atom stereocenters. The Kier molecular flexibility index (Phi) is 4.44. The van der Waals surface area contributed by atoms with Gasteiger partial charge in [-0.25, -0.2) is 4.79 Å². The maximum absolute atomic E-state index is 13.6. The standard InChI is InChI=1S/C27H24N3O5/c1-28-14-30(2,3)13-21-17-5-4-6-18-25(17)19(12-22(21)28)16-8-7-15(11-20(16)26(18)33)27(34)35-29-23(31)9-10-24(29)32/h4-8,11-12H,9-10,13-14H2,1-3H3/q+1. The number of hydrogen-bond donors (Lipinski definition) is 0. The van der Waals surface area contributed by atoms with E-state index in [1.807, 2.05) is 12.1 Å². The Labute approximate surface area is 201 Å². The van der Waals surface area contributed by atoms with Crippen molar-refractivity contribution >= 4 is 40.0 Å². The Morgan fingerprint density at radius 1 is 0.914 bits per heavy atom. The maximum Gasteiger partial charge on any atom is 0.363 e. The zero-order valence-corrected chi connectivity index (χ0v) is 19.8. The van der Waals surface area contributed by atoms with Gasteiger partial charge < -0.3 is 14.2 Å². The molecule has 0 N–H and O–H groups in total. The molecule has 0 aromatic heterocycles. The van der Waals surface area contributed by atoms with Crippen LogP contribution in [0.2, 0.25) is 0 Å². The van der Waals surface area contributed by atoms with Gasteiger partial charge in [-0.05, 0) is 34.7 Å². The number of hydroxylamine groups is 2. The monoisotopic (exact) mass is 470 g/mol. The van der Waals surface area contributed by atoms with Gasteiger partial charge in [0.1, 0.15) is 6.54 Å². The quantitative estimate of drug-likeness (QED) is 0.330. The van der Waals surface area contributed by atoms with Crippen molar-refractivity contribution in [2.45, 2.75) is 19.4 Å². The molecule has 8 heteroatoms. The largest absolute Gasteiger partial charge is 0.363 e. The Bertz CT molecular complexity index is 1490. The second kappa shape index (κ2) is 7.23. The summed E-state index contributed by atoms with van der Waals surface area (Å²) in [6, 6.07) is 12.8. The average molecular weight is 471 g/mol. The van der Waals surface area contributed by atoms with Crippen molar-refractivity contribution in [3.05, 3.63) is 64.7 Å². The number of nitrogens with zero attached hydrogens (tertiary/aromatic N) is 3. The molecule has 2 heterocycles. The predicted octanol–water partition coefficient (Wildman–Crippen LogP) is 3.26. The van der Waals surface area contributed by atoms with Crippen molar-refractivity contribution in [2.75, 3.05) is 32.7 Å². The number of fused-ring (bicyclic) bond motifs is 4. The SMILES string of the molecule is CN1C[N+](C)(C)Cc2c1cc1c3c(cccc23)C(=O)c2cc(C(=O)ON3C(=O)CCC3=O)ccc2-1. The van der Waals surface area contributed by atoms with E-state index in [4.69, 9.17) is 4.84 Å². The lowest BCUT2D eigenvalue weighted by Crippen LogP contribution is -2.50. The molecule has 0 bridgehead atoms. The average Bonchev–Trinajstić information content (AvgIpc) is 3.13. The van der Waals surface area contributed by atoms with E-state index >= 15 is 0 Å². The summed E-state index contributed by atoms with van der Waals surface area (Å²) < 4.78 is 0.820. The number of carbonyl (C=O) groups is 4. The minimum absolute atomic E-state index is 0.0183. The van der Waals surface area contributed by atoms with Crippen LogP contribution in [0.1, 0.15) is 44.7 Å². The molecule has 176 valence electrons. The topological polar surface area (TPSA) is 84.0 Å². The highest BCUT2D eigenvalue weighted by atomic mass is 16.7. The van der Waals surface area contributed by atoms with Gasteiger partial charge in [0.25, 0.3) is 11.8 Å². The highest BCUT2D eigenvalue weighted by Gasteiger charge is 2.35. The van der Waals surface area contributed by atoms with Gasteiger partial charge in [-0.15, -0.1) is 5.06 Å². The number of imide groups is 1. The van der Waals surface area contributed by atoms with Gasteiger partial charge in [-0.2, -0.15) is 0 Å². The Morgan fingerprint density at radius 2 is 1.66 bits per heavy atom. The first-order valence-electron chi connectivity index (χ1n) is 11.5. The number of rotatable bonds is 2. The van der Waals surface area contributed by atoms with E-state index < -0.39 is 17.8 Å². The van der Waals surface area contributed by atoms with Gasteiger partial charge in [0, 0.05) is 42.0 Å². The number of amides is 2. The van der Waals surface area contributed by atoms with E-state index in [1.54, 1.807) is 12.1 Å². The van der Waals surface area contributed by atoms with E-state index in [9.17, 15) is 19.2 Å². The fraction of sp³-hybridized carbons (Fsp3) is 0.259. The molecule has 6 rings (SSSR count).